The number of benzene rings is 2. The molecule has 0 radical (unpaired) electrons. The zero-order valence-electron chi connectivity index (χ0n) is 17.7. The van der Waals surface area contributed by atoms with Crippen molar-refractivity contribution in [2.45, 2.75) is 38.5 Å². The largest absolute Gasteiger partial charge is 0.399 e. The Morgan fingerprint density at radius 2 is 1.81 bits per heavy atom. The monoisotopic (exact) mass is 469 g/mol. The summed E-state index contributed by atoms with van der Waals surface area (Å²) < 4.78 is 1.79. The number of nitrogens with two attached hydrogens (primary N) is 1. The van der Waals surface area contributed by atoms with Crippen molar-refractivity contribution in [2.24, 2.45) is 0 Å². The second-order valence-corrected chi connectivity index (χ2v) is 9.29. The second-order valence-electron chi connectivity index (χ2n) is 8.44. The van der Waals surface area contributed by atoms with Gasteiger partial charge in [0, 0.05) is 34.9 Å². The van der Waals surface area contributed by atoms with Crippen LogP contribution in [-0.2, 0) is 12.8 Å². The molecule has 6 nitrogen and oxygen atoms in total. The van der Waals surface area contributed by atoms with Gasteiger partial charge in [-0.3, -0.25) is 10.2 Å². The van der Waals surface area contributed by atoms with Crippen molar-refractivity contribution in [1.82, 2.24) is 20.2 Å². The number of aryl methyl sites for hydroxylation is 1. The summed E-state index contributed by atoms with van der Waals surface area (Å²) in [6.07, 6.45) is 5.91. The molecule has 1 amide bonds. The van der Waals surface area contributed by atoms with Crippen LogP contribution in [0.1, 0.15) is 47.3 Å². The minimum atomic E-state index is -0.175. The van der Waals surface area contributed by atoms with Gasteiger partial charge in [-0.1, -0.05) is 35.7 Å². The van der Waals surface area contributed by atoms with E-state index in [4.69, 9.17) is 34.0 Å². The molecular formula is C24H25Cl2N5O. The Hall–Kier alpha value is -2.54. The molecule has 1 fully saturated rings. The van der Waals surface area contributed by atoms with Crippen LogP contribution in [0.15, 0.2) is 36.4 Å². The van der Waals surface area contributed by atoms with E-state index in [2.05, 4.69) is 5.43 Å². The maximum atomic E-state index is 13.3. The molecule has 1 saturated heterocycles. The molecule has 166 valence electrons. The first kappa shape index (κ1) is 21.3. The fourth-order valence-electron chi connectivity index (χ4n) is 4.68. The summed E-state index contributed by atoms with van der Waals surface area (Å²) in [6, 6.07) is 11.2. The number of rotatable bonds is 3. The number of hydrogen-bond donors (Lipinski definition) is 2. The van der Waals surface area contributed by atoms with Crippen molar-refractivity contribution in [3.63, 3.8) is 0 Å². The molecule has 2 heterocycles. The van der Waals surface area contributed by atoms with E-state index in [1.807, 2.05) is 29.3 Å². The number of halogens is 2. The van der Waals surface area contributed by atoms with Gasteiger partial charge in [0.25, 0.3) is 5.91 Å². The lowest BCUT2D eigenvalue weighted by Crippen LogP contribution is -2.45. The lowest BCUT2D eigenvalue weighted by molar-refractivity contribution is 0.0743. The number of piperidine rings is 1. The maximum Gasteiger partial charge on any atom is 0.286 e. The van der Waals surface area contributed by atoms with E-state index in [1.54, 1.807) is 16.8 Å². The Morgan fingerprint density at radius 1 is 1.00 bits per heavy atom. The van der Waals surface area contributed by atoms with Crippen LogP contribution in [0.2, 0.25) is 10.0 Å². The zero-order valence-corrected chi connectivity index (χ0v) is 19.2. The predicted octanol–water partition coefficient (Wildman–Crippen LogP) is 5.05. The van der Waals surface area contributed by atoms with Crippen LogP contribution in [0.4, 0.5) is 5.69 Å². The van der Waals surface area contributed by atoms with Crippen molar-refractivity contribution < 1.29 is 4.79 Å². The molecule has 3 N–H and O–H groups in total. The molecular weight excluding hydrogens is 445 g/mol. The summed E-state index contributed by atoms with van der Waals surface area (Å²) in [7, 11) is 0. The van der Waals surface area contributed by atoms with Crippen LogP contribution >= 0.6 is 23.2 Å². The smallest absolute Gasteiger partial charge is 0.286 e. The van der Waals surface area contributed by atoms with Gasteiger partial charge in [0.2, 0.25) is 0 Å². The molecule has 3 aromatic rings. The van der Waals surface area contributed by atoms with Crippen LogP contribution in [0.3, 0.4) is 0 Å². The summed E-state index contributed by atoms with van der Waals surface area (Å²) in [4.78, 5) is 13.3. The Bertz CT molecular complexity index is 1180. The molecule has 0 atom stereocenters. The van der Waals surface area contributed by atoms with E-state index in [-0.39, 0.29) is 5.91 Å². The highest BCUT2D eigenvalue weighted by atomic mass is 35.5. The molecule has 1 aliphatic heterocycles. The average Bonchev–Trinajstić information content (AvgIpc) is 3.03. The molecule has 8 heteroatoms. The minimum absolute atomic E-state index is 0.175. The number of hydrogen-bond acceptors (Lipinski definition) is 4. The molecule has 2 aliphatic rings. The normalized spacial score (nSPS) is 16.2. The van der Waals surface area contributed by atoms with Gasteiger partial charge in [0.1, 0.15) is 0 Å². The fraction of sp³-hybridized carbons (Fsp3) is 0.333. The summed E-state index contributed by atoms with van der Waals surface area (Å²) in [5, 5.41) is 7.83. The first-order valence-corrected chi connectivity index (χ1v) is 11.8. The van der Waals surface area contributed by atoms with Crippen molar-refractivity contribution >= 4 is 34.8 Å². The number of fused-ring (bicyclic) bond motifs is 3. The number of amides is 1. The van der Waals surface area contributed by atoms with E-state index in [9.17, 15) is 4.79 Å². The molecule has 5 rings (SSSR count). The number of nitrogens with one attached hydrogen (secondary N) is 1. The zero-order chi connectivity index (χ0) is 22.2. The summed E-state index contributed by atoms with van der Waals surface area (Å²) >= 11 is 12.7. The molecule has 0 unspecified atom stereocenters. The predicted molar refractivity (Wildman–Crippen MR) is 128 cm³/mol. The summed E-state index contributed by atoms with van der Waals surface area (Å²) in [6.45, 7) is 1.72. The number of carbonyl (C=O) groups is 1. The number of hydrazine groups is 1. The van der Waals surface area contributed by atoms with Crippen molar-refractivity contribution in [3.8, 4) is 16.9 Å². The van der Waals surface area contributed by atoms with E-state index in [0.717, 1.165) is 73.3 Å². The number of nitrogen functional groups attached to an aromatic ring is 1. The highest BCUT2D eigenvalue weighted by Crippen LogP contribution is 2.38. The molecule has 32 heavy (non-hydrogen) atoms. The van der Waals surface area contributed by atoms with Gasteiger partial charge in [-0.15, -0.1) is 0 Å². The van der Waals surface area contributed by atoms with Gasteiger partial charge >= 0.3 is 0 Å². The van der Waals surface area contributed by atoms with E-state index in [0.29, 0.717) is 21.4 Å². The maximum absolute atomic E-state index is 13.3. The van der Waals surface area contributed by atoms with Crippen LogP contribution in [-0.4, -0.2) is 33.8 Å². The Morgan fingerprint density at radius 3 is 2.59 bits per heavy atom. The highest BCUT2D eigenvalue weighted by Gasteiger charge is 2.29. The van der Waals surface area contributed by atoms with Gasteiger partial charge in [-0.2, -0.15) is 5.10 Å². The Kier molecular flexibility index (Phi) is 5.84. The number of carbonyl (C=O) groups excluding carboxylic acids is 1. The molecule has 0 spiro atoms. The first-order chi connectivity index (χ1) is 15.5. The van der Waals surface area contributed by atoms with Gasteiger partial charge in [0.15, 0.2) is 5.69 Å². The van der Waals surface area contributed by atoms with Crippen LogP contribution in [0.5, 0.6) is 0 Å². The summed E-state index contributed by atoms with van der Waals surface area (Å²) in [5.41, 5.74) is 15.0. The number of aromatic nitrogens is 2. The van der Waals surface area contributed by atoms with Crippen LogP contribution < -0.4 is 11.2 Å². The van der Waals surface area contributed by atoms with Crippen molar-refractivity contribution in [3.05, 3.63) is 63.3 Å². The first-order valence-electron chi connectivity index (χ1n) is 11.0. The lowest BCUT2D eigenvalue weighted by Gasteiger charge is -2.26. The SMILES string of the molecule is Nc1ccc2c(c1)CCCc1c(C(=O)NN3CCCCC3)nn(-c3ccc(Cl)cc3Cl)c1-2. The van der Waals surface area contributed by atoms with Crippen molar-refractivity contribution in [2.75, 3.05) is 18.8 Å². The Labute approximate surface area is 197 Å². The van der Waals surface area contributed by atoms with E-state index < -0.39 is 0 Å². The highest BCUT2D eigenvalue weighted by molar-refractivity contribution is 6.35. The molecule has 0 bridgehead atoms. The lowest BCUT2D eigenvalue weighted by atomic mass is 10.0. The molecule has 2 aromatic carbocycles. The fourth-order valence-corrected chi connectivity index (χ4v) is 5.17. The van der Waals surface area contributed by atoms with Gasteiger partial charge < -0.3 is 5.73 Å². The van der Waals surface area contributed by atoms with Gasteiger partial charge in [0.05, 0.1) is 16.4 Å². The average molecular weight is 470 g/mol. The number of anilines is 1. The minimum Gasteiger partial charge on any atom is -0.399 e. The van der Waals surface area contributed by atoms with E-state index >= 15 is 0 Å². The number of nitrogens with zero attached hydrogens (tertiary/aromatic N) is 3. The van der Waals surface area contributed by atoms with Gasteiger partial charge in [-0.05, 0) is 68.0 Å². The topological polar surface area (TPSA) is 76.2 Å². The Balaban J connectivity index is 1.66. The van der Waals surface area contributed by atoms with Crippen LogP contribution in [0.25, 0.3) is 16.9 Å². The third kappa shape index (κ3) is 3.98. The third-order valence-corrected chi connectivity index (χ3v) is 6.75. The summed E-state index contributed by atoms with van der Waals surface area (Å²) in [5.74, 6) is -0.175. The standard InChI is InChI=1S/C24H25Cl2N5O/c25-16-7-10-21(20(26)14-16)31-23-18-9-8-17(27)13-15(18)5-4-6-19(23)22(28-31)24(32)29-30-11-2-1-3-12-30/h7-10,13-14H,1-6,11-12,27H2,(H,29,32). The molecule has 0 saturated carbocycles. The van der Waals surface area contributed by atoms with E-state index in [1.165, 1.54) is 6.42 Å². The van der Waals surface area contributed by atoms with Crippen LogP contribution in [0, 0.1) is 0 Å². The second kappa shape index (κ2) is 8.77. The van der Waals surface area contributed by atoms with Gasteiger partial charge in [-0.25, -0.2) is 9.69 Å². The molecule has 1 aromatic heterocycles. The third-order valence-electron chi connectivity index (χ3n) is 6.21. The quantitative estimate of drug-likeness (QED) is 0.526. The molecule has 1 aliphatic carbocycles. The van der Waals surface area contributed by atoms with Crippen molar-refractivity contribution in [1.29, 1.82) is 0 Å².